The number of aliphatic hydroxyl groups excluding tert-OH is 11. The predicted octanol–water partition coefficient (Wildman–Crippen LogP) is -7.57. The summed E-state index contributed by atoms with van der Waals surface area (Å²) >= 11 is 0. The summed E-state index contributed by atoms with van der Waals surface area (Å²) in [6, 6.07) is 0. The zero-order valence-corrected chi connectivity index (χ0v) is 17.7. The van der Waals surface area contributed by atoms with Crippen molar-refractivity contribution in [1.29, 1.82) is 0 Å². The summed E-state index contributed by atoms with van der Waals surface area (Å²) in [7, 11) is 0. The van der Waals surface area contributed by atoms with E-state index in [-0.39, 0.29) is 0 Å². The first-order valence-corrected chi connectivity index (χ1v) is 10.6. The molecule has 0 amide bonds. The van der Waals surface area contributed by atoms with Gasteiger partial charge >= 0.3 is 0 Å². The highest BCUT2D eigenvalue weighted by molar-refractivity contribution is 4.96. The van der Waals surface area contributed by atoms with Crippen molar-refractivity contribution in [3.05, 3.63) is 0 Å². The minimum atomic E-state index is -1.90. The molecule has 0 spiro atoms. The predicted molar refractivity (Wildman–Crippen MR) is 101 cm³/mol. The topological polar surface area (TPSA) is 269 Å². The minimum absolute atomic E-state index is 0.759. The van der Waals surface area contributed by atoms with Gasteiger partial charge in [0.05, 0.1) is 19.8 Å². The van der Waals surface area contributed by atoms with Crippen molar-refractivity contribution in [2.24, 2.45) is 0 Å². The molecule has 200 valence electrons. The Morgan fingerprint density at radius 3 is 1.50 bits per heavy atom. The van der Waals surface area contributed by atoms with Gasteiger partial charge in [-0.05, 0) is 0 Å². The van der Waals surface area contributed by atoms with E-state index >= 15 is 0 Å². The fourth-order valence-electron chi connectivity index (χ4n) is 4.05. The first-order chi connectivity index (χ1) is 16.0. The maximum absolute atomic E-state index is 10.8. The van der Waals surface area contributed by atoms with E-state index in [1.807, 2.05) is 0 Å². The zero-order valence-electron chi connectivity index (χ0n) is 17.7. The number of hydrogen-bond acceptors (Lipinski definition) is 16. The Labute approximate surface area is 192 Å². The lowest BCUT2D eigenvalue weighted by atomic mass is 9.96. The highest BCUT2D eigenvalue weighted by Gasteiger charge is 2.53. The van der Waals surface area contributed by atoms with Gasteiger partial charge in [0.15, 0.2) is 18.9 Å². The molecule has 0 radical (unpaired) electrons. The van der Waals surface area contributed by atoms with Crippen LogP contribution in [-0.4, -0.2) is 168 Å². The Kier molecular flexibility index (Phi) is 9.54. The van der Waals surface area contributed by atoms with E-state index in [1.54, 1.807) is 0 Å². The molecule has 3 aliphatic rings. The van der Waals surface area contributed by atoms with Gasteiger partial charge in [0.2, 0.25) is 0 Å². The molecule has 0 aromatic carbocycles. The van der Waals surface area contributed by atoms with Gasteiger partial charge in [-0.3, -0.25) is 0 Å². The van der Waals surface area contributed by atoms with Gasteiger partial charge < -0.3 is 79.9 Å². The molecule has 34 heavy (non-hydrogen) atoms. The normalized spacial score (nSPS) is 52.5. The molecular formula is C18H32O16. The van der Waals surface area contributed by atoms with Crippen LogP contribution in [0.4, 0.5) is 0 Å². The number of aliphatic hydroxyl groups is 11. The monoisotopic (exact) mass is 504 g/mol. The standard InChI is InChI=1S/C18H32O16/c19-1-4-7(22)9(24)12(27)17(31-4)34-15-8(23)5(2-20)32-18(13(15)28)33-14-6(3-21)30-16(29)11(26)10(14)25/h4-29H,1-3H2/t4?,5?,6?,7-,8-,9-,10+,11?,12?,13?,14+,15-,16?,17-,18-/m0/s1. The third kappa shape index (κ3) is 5.37. The second kappa shape index (κ2) is 11.6. The van der Waals surface area contributed by atoms with E-state index in [0.717, 1.165) is 0 Å². The summed E-state index contributed by atoms with van der Waals surface area (Å²) in [4.78, 5) is 0. The molecule has 11 N–H and O–H groups in total. The number of rotatable bonds is 7. The summed E-state index contributed by atoms with van der Waals surface area (Å²) in [5, 5.41) is 109. The van der Waals surface area contributed by atoms with E-state index in [4.69, 9.17) is 23.7 Å². The molecule has 3 fully saturated rings. The van der Waals surface area contributed by atoms with E-state index in [9.17, 15) is 56.2 Å². The Balaban J connectivity index is 1.78. The molecule has 0 aromatic heterocycles. The molecule has 3 aliphatic heterocycles. The van der Waals surface area contributed by atoms with Gasteiger partial charge in [-0.2, -0.15) is 0 Å². The van der Waals surface area contributed by atoms with Crippen molar-refractivity contribution in [2.75, 3.05) is 19.8 Å². The van der Waals surface area contributed by atoms with Crippen molar-refractivity contribution in [1.82, 2.24) is 0 Å². The van der Waals surface area contributed by atoms with Crippen LogP contribution in [0.2, 0.25) is 0 Å². The Bertz CT molecular complexity index is 637. The molecule has 3 saturated heterocycles. The SMILES string of the molecule is OCC1OC(O)C(O)[C@@H](O)[C@@H]1O[C@@H]1OC(CO)[C@H](O)[C@H](O[C@@H]2OC(CO)[C@H](O)[C@H](O)C2O)C1O. The van der Waals surface area contributed by atoms with Crippen molar-refractivity contribution in [2.45, 2.75) is 92.1 Å². The first-order valence-electron chi connectivity index (χ1n) is 10.6. The van der Waals surface area contributed by atoms with Crippen LogP contribution in [0.15, 0.2) is 0 Å². The molecule has 3 rings (SSSR count). The molecule has 0 aromatic rings. The summed E-state index contributed by atoms with van der Waals surface area (Å²) < 4.78 is 26.4. The second-order valence-corrected chi connectivity index (χ2v) is 8.33. The molecular weight excluding hydrogens is 472 g/mol. The maximum Gasteiger partial charge on any atom is 0.187 e. The summed E-state index contributed by atoms with van der Waals surface area (Å²) in [5.41, 5.74) is 0. The minimum Gasteiger partial charge on any atom is -0.394 e. The highest BCUT2D eigenvalue weighted by atomic mass is 16.7. The first kappa shape index (κ1) is 27.9. The molecule has 16 heteroatoms. The highest BCUT2D eigenvalue weighted by Crippen LogP contribution is 2.32. The molecule has 15 atom stereocenters. The van der Waals surface area contributed by atoms with Crippen molar-refractivity contribution < 1.29 is 79.9 Å². The largest absolute Gasteiger partial charge is 0.394 e. The molecule has 0 bridgehead atoms. The van der Waals surface area contributed by atoms with E-state index in [2.05, 4.69) is 0 Å². The van der Waals surface area contributed by atoms with E-state index in [0.29, 0.717) is 0 Å². The summed E-state index contributed by atoms with van der Waals surface area (Å²) in [6.07, 6.45) is -25.4. The number of hydrogen-bond donors (Lipinski definition) is 11. The smallest absolute Gasteiger partial charge is 0.187 e. The average Bonchev–Trinajstić information content (AvgIpc) is 2.83. The summed E-state index contributed by atoms with van der Waals surface area (Å²) in [5.74, 6) is 0. The molecule has 16 nitrogen and oxygen atoms in total. The zero-order chi connectivity index (χ0) is 25.3. The van der Waals surface area contributed by atoms with Crippen LogP contribution < -0.4 is 0 Å². The van der Waals surface area contributed by atoms with Gasteiger partial charge in [-0.15, -0.1) is 0 Å². The quantitative estimate of drug-likeness (QED) is 0.154. The van der Waals surface area contributed by atoms with Gasteiger partial charge in [-0.25, -0.2) is 0 Å². The van der Waals surface area contributed by atoms with Gasteiger partial charge in [0.1, 0.15) is 73.2 Å². The van der Waals surface area contributed by atoms with Crippen LogP contribution in [0.5, 0.6) is 0 Å². The number of ether oxygens (including phenoxy) is 5. The molecule has 3 heterocycles. The van der Waals surface area contributed by atoms with Gasteiger partial charge in [0.25, 0.3) is 0 Å². The third-order valence-electron chi connectivity index (χ3n) is 6.09. The van der Waals surface area contributed by atoms with Crippen LogP contribution in [-0.2, 0) is 23.7 Å². The second-order valence-electron chi connectivity index (χ2n) is 8.33. The molecule has 0 saturated carbocycles. The van der Waals surface area contributed by atoms with E-state index in [1.165, 1.54) is 0 Å². The van der Waals surface area contributed by atoms with Crippen molar-refractivity contribution >= 4 is 0 Å². The average molecular weight is 504 g/mol. The fourth-order valence-corrected chi connectivity index (χ4v) is 4.05. The van der Waals surface area contributed by atoms with Crippen LogP contribution in [0, 0.1) is 0 Å². The summed E-state index contributed by atoms with van der Waals surface area (Å²) in [6.45, 7) is -2.34. The Morgan fingerprint density at radius 1 is 0.441 bits per heavy atom. The van der Waals surface area contributed by atoms with Gasteiger partial charge in [0, 0.05) is 0 Å². The maximum atomic E-state index is 10.8. The lowest BCUT2D eigenvalue weighted by Crippen LogP contribution is -2.66. The molecule has 0 aliphatic carbocycles. The Morgan fingerprint density at radius 2 is 0.941 bits per heavy atom. The van der Waals surface area contributed by atoms with Crippen LogP contribution >= 0.6 is 0 Å². The lowest BCUT2D eigenvalue weighted by Gasteiger charge is -2.47. The fraction of sp³-hybridized carbons (Fsp3) is 1.00. The van der Waals surface area contributed by atoms with Gasteiger partial charge in [-0.1, -0.05) is 0 Å². The van der Waals surface area contributed by atoms with Crippen LogP contribution in [0.3, 0.4) is 0 Å². The van der Waals surface area contributed by atoms with Crippen molar-refractivity contribution in [3.8, 4) is 0 Å². The van der Waals surface area contributed by atoms with E-state index < -0.39 is 112 Å². The lowest BCUT2D eigenvalue weighted by molar-refractivity contribution is -0.378. The van der Waals surface area contributed by atoms with Crippen LogP contribution in [0.25, 0.3) is 0 Å². The van der Waals surface area contributed by atoms with Crippen LogP contribution in [0.1, 0.15) is 0 Å². The third-order valence-corrected chi connectivity index (χ3v) is 6.09. The molecule has 7 unspecified atom stereocenters. The van der Waals surface area contributed by atoms with Crippen molar-refractivity contribution in [3.63, 3.8) is 0 Å². The Hall–Kier alpha value is -0.640.